The molecule has 0 unspecified atom stereocenters. The minimum Gasteiger partial charge on any atom is -0.313 e. The Bertz CT molecular complexity index is 177. The maximum atomic E-state index is 3.84. The van der Waals surface area contributed by atoms with E-state index in [1.807, 2.05) is 0 Å². The molecule has 0 aromatic rings. The highest BCUT2D eigenvalue weighted by molar-refractivity contribution is 4.96. The van der Waals surface area contributed by atoms with Gasteiger partial charge in [-0.1, -0.05) is 19.3 Å². The van der Waals surface area contributed by atoms with Crippen LogP contribution in [0.15, 0.2) is 0 Å². The Morgan fingerprint density at radius 1 is 0.929 bits per heavy atom. The van der Waals surface area contributed by atoms with Crippen molar-refractivity contribution in [2.45, 2.75) is 57.4 Å². The van der Waals surface area contributed by atoms with E-state index in [9.17, 15) is 0 Å². The molecule has 80 valence electrons. The summed E-state index contributed by atoms with van der Waals surface area (Å²) in [4.78, 5) is 0. The normalized spacial score (nSPS) is 28.1. The monoisotopic (exact) mass is 193 g/mol. The molecule has 0 radical (unpaired) electrons. The topological polar surface area (TPSA) is 12.0 Å². The fourth-order valence-corrected chi connectivity index (χ4v) is 2.86. The summed E-state index contributed by atoms with van der Waals surface area (Å²) in [5.41, 5.74) is 0. The zero-order valence-corrected chi connectivity index (χ0v) is 9.17. The number of hydrogen-bond acceptors (Lipinski definition) is 1. The van der Waals surface area contributed by atoms with Gasteiger partial charge < -0.3 is 5.32 Å². The van der Waals surface area contributed by atoms with Crippen LogP contribution in [0.4, 0.5) is 0 Å². The third-order valence-electron chi connectivity index (χ3n) is 4.42. The van der Waals surface area contributed by atoms with Crippen molar-refractivity contribution in [3.63, 3.8) is 0 Å². The molecule has 0 atom stereocenters. The molecular weight excluding hydrogens is 170 g/mol. The van der Waals surface area contributed by atoms with Crippen molar-refractivity contribution in [2.75, 3.05) is 6.54 Å². The van der Waals surface area contributed by atoms with Crippen molar-refractivity contribution in [3.8, 4) is 0 Å². The summed E-state index contributed by atoms with van der Waals surface area (Å²) in [6.07, 6.45) is 12.0. The van der Waals surface area contributed by atoms with Gasteiger partial charge in [-0.25, -0.2) is 0 Å². The molecule has 0 saturated heterocycles. The fraction of sp³-hybridized carbons (Fsp3) is 1.00. The van der Waals surface area contributed by atoms with Crippen LogP contribution in [-0.4, -0.2) is 12.6 Å². The summed E-state index contributed by atoms with van der Waals surface area (Å²) in [7, 11) is 0. The van der Waals surface area contributed by atoms with Crippen LogP contribution in [0.1, 0.15) is 51.4 Å². The third-order valence-corrected chi connectivity index (χ3v) is 4.42. The standard InChI is InChI=1S/C13H23N/c1-2-10(3-1)8-9-14-13(11-4-5-11)12-6-7-12/h10-14H,1-9H2. The summed E-state index contributed by atoms with van der Waals surface area (Å²) < 4.78 is 0. The van der Waals surface area contributed by atoms with Gasteiger partial charge in [-0.05, 0) is 56.4 Å². The molecule has 0 aromatic heterocycles. The summed E-state index contributed by atoms with van der Waals surface area (Å²) in [6.45, 7) is 1.31. The third kappa shape index (κ3) is 2.13. The Morgan fingerprint density at radius 2 is 1.57 bits per heavy atom. The molecule has 14 heavy (non-hydrogen) atoms. The predicted molar refractivity (Wildman–Crippen MR) is 59.2 cm³/mol. The first-order valence-electron chi connectivity index (χ1n) is 6.67. The van der Waals surface area contributed by atoms with Crippen LogP contribution in [0.3, 0.4) is 0 Å². The lowest BCUT2D eigenvalue weighted by Crippen LogP contribution is -2.35. The van der Waals surface area contributed by atoms with Gasteiger partial charge in [0.15, 0.2) is 0 Å². The second-order valence-electron chi connectivity index (χ2n) is 5.74. The Hall–Kier alpha value is -0.0400. The maximum absolute atomic E-state index is 3.84. The van der Waals surface area contributed by atoms with Gasteiger partial charge in [0, 0.05) is 6.04 Å². The highest BCUT2D eigenvalue weighted by Crippen LogP contribution is 2.44. The van der Waals surface area contributed by atoms with E-state index in [0.29, 0.717) is 0 Å². The van der Waals surface area contributed by atoms with Crippen molar-refractivity contribution in [1.29, 1.82) is 0 Å². The van der Waals surface area contributed by atoms with Crippen LogP contribution in [0.5, 0.6) is 0 Å². The van der Waals surface area contributed by atoms with E-state index in [2.05, 4.69) is 5.32 Å². The minimum absolute atomic E-state index is 0.926. The molecule has 1 heteroatoms. The van der Waals surface area contributed by atoms with Gasteiger partial charge in [-0.3, -0.25) is 0 Å². The Morgan fingerprint density at radius 3 is 2.00 bits per heavy atom. The van der Waals surface area contributed by atoms with Gasteiger partial charge in [-0.2, -0.15) is 0 Å². The second-order valence-corrected chi connectivity index (χ2v) is 5.74. The van der Waals surface area contributed by atoms with Crippen molar-refractivity contribution in [2.24, 2.45) is 17.8 Å². The summed E-state index contributed by atoms with van der Waals surface area (Å²) >= 11 is 0. The Balaban J connectivity index is 1.36. The molecule has 0 bridgehead atoms. The predicted octanol–water partition coefficient (Wildman–Crippen LogP) is 2.95. The van der Waals surface area contributed by atoms with Gasteiger partial charge in [0.1, 0.15) is 0 Å². The van der Waals surface area contributed by atoms with E-state index in [0.717, 1.165) is 23.8 Å². The molecule has 3 saturated carbocycles. The quantitative estimate of drug-likeness (QED) is 0.684. The average molecular weight is 193 g/mol. The van der Waals surface area contributed by atoms with Gasteiger partial charge in [-0.15, -0.1) is 0 Å². The molecule has 3 rings (SSSR count). The second kappa shape index (κ2) is 3.84. The smallest absolute Gasteiger partial charge is 0.0124 e. The van der Waals surface area contributed by atoms with E-state index in [1.54, 1.807) is 0 Å². The molecule has 0 heterocycles. The highest BCUT2D eigenvalue weighted by Gasteiger charge is 2.40. The van der Waals surface area contributed by atoms with E-state index in [4.69, 9.17) is 0 Å². The SMILES string of the molecule is C1CC(CCNC(C2CC2)C2CC2)C1. The van der Waals surface area contributed by atoms with Crippen LogP contribution in [-0.2, 0) is 0 Å². The first kappa shape index (κ1) is 9.21. The van der Waals surface area contributed by atoms with Crippen molar-refractivity contribution >= 4 is 0 Å². The lowest BCUT2D eigenvalue weighted by atomic mass is 9.83. The van der Waals surface area contributed by atoms with E-state index in [1.165, 1.54) is 57.9 Å². The van der Waals surface area contributed by atoms with Crippen molar-refractivity contribution < 1.29 is 0 Å². The van der Waals surface area contributed by atoms with Crippen molar-refractivity contribution in [1.82, 2.24) is 5.32 Å². The lowest BCUT2D eigenvalue weighted by molar-refractivity contribution is 0.281. The van der Waals surface area contributed by atoms with Crippen LogP contribution < -0.4 is 5.32 Å². The lowest BCUT2D eigenvalue weighted by Gasteiger charge is -2.26. The molecule has 0 aliphatic heterocycles. The summed E-state index contributed by atoms with van der Waals surface area (Å²) in [5, 5.41) is 3.84. The van der Waals surface area contributed by atoms with Gasteiger partial charge in [0.05, 0.1) is 0 Å². The van der Waals surface area contributed by atoms with Crippen molar-refractivity contribution in [3.05, 3.63) is 0 Å². The van der Waals surface area contributed by atoms with Gasteiger partial charge in [0.25, 0.3) is 0 Å². The molecular formula is C13H23N. The number of nitrogens with one attached hydrogen (secondary N) is 1. The molecule has 3 aliphatic rings. The Kier molecular flexibility index (Phi) is 2.53. The first-order valence-corrected chi connectivity index (χ1v) is 6.67. The highest BCUT2D eigenvalue weighted by atomic mass is 14.9. The molecule has 1 N–H and O–H groups in total. The fourth-order valence-electron chi connectivity index (χ4n) is 2.86. The molecule has 1 nitrogen and oxygen atoms in total. The van der Waals surface area contributed by atoms with Crippen LogP contribution >= 0.6 is 0 Å². The molecule has 0 spiro atoms. The minimum atomic E-state index is 0.926. The van der Waals surface area contributed by atoms with E-state index < -0.39 is 0 Å². The zero-order chi connectivity index (χ0) is 9.38. The molecule has 0 amide bonds. The van der Waals surface area contributed by atoms with E-state index >= 15 is 0 Å². The van der Waals surface area contributed by atoms with Crippen LogP contribution in [0.25, 0.3) is 0 Å². The maximum Gasteiger partial charge on any atom is 0.0124 e. The molecule has 3 aliphatic carbocycles. The van der Waals surface area contributed by atoms with E-state index in [-0.39, 0.29) is 0 Å². The van der Waals surface area contributed by atoms with Crippen LogP contribution in [0.2, 0.25) is 0 Å². The zero-order valence-electron chi connectivity index (χ0n) is 9.17. The average Bonchev–Trinajstić information content (AvgIpc) is 2.96. The first-order chi connectivity index (χ1) is 6.93. The number of hydrogen-bond donors (Lipinski definition) is 1. The summed E-state index contributed by atoms with van der Waals surface area (Å²) in [5.74, 6) is 3.23. The van der Waals surface area contributed by atoms with Gasteiger partial charge >= 0.3 is 0 Å². The molecule has 0 aromatic carbocycles. The summed E-state index contributed by atoms with van der Waals surface area (Å²) in [6, 6.07) is 0.926. The van der Waals surface area contributed by atoms with Crippen LogP contribution in [0, 0.1) is 17.8 Å². The Labute approximate surface area is 87.7 Å². The molecule has 3 fully saturated rings. The van der Waals surface area contributed by atoms with Gasteiger partial charge in [0.2, 0.25) is 0 Å². The largest absolute Gasteiger partial charge is 0.313 e. The number of rotatable bonds is 6.